The molecule has 0 bridgehead atoms. The van der Waals surface area contributed by atoms with Crippen LogP contribution in [0.3, 0.4) is 0 Å². The van der Waals surface area contributed by atoms with Crippen LogP contribution in [0.2, 0.25) is 0 Å². The van der Waals surface area contributed by atoms with Crippen LogP contribution in [0.5, 0.6) is 5.75 Å². The summed E-state index contributed by atoms with van der Waals surface area (Å²) < 4.78 is 5.17. The summed E-state index contributed by atoms with van der Waals surface area (Å²) >= 11 is 0. The third-order valence-corrected chi connectivity index (χ3v) is 6.54. The average molecular weight is 472 g/mol. The van der Waals surface area contributed by atoms with E-state index >= 15 is 0 Å². The van der Waals surface area contributed by atoms with Crippen LogP contribution in [0.15, 0.2) is 78.9 Å². The number of para-hydroxylation sites is 1. The lowest BCUT2D eigenvalue weighted by Gasteiger charge is -2.35. The highest BCUT2D eigenvalue weighted by Crippen LogP contribution is 2.26. The molecule has 0 saturated carbocycles. The highest BCUT2D eigenvalue weighted by molar-refractivity contribution is 6.00. The van der Waals surface area contributed by atoms with E-state index in [1.807, 2.05) is 66.4 Å². The van der Waals surface area contributed by atoms with E-state index in [0.29, 0.717) is 18.7 Å². The molecule has 4 rings (SSSR count). The average Bonchev–Trinajstić information content (AvgIpc) is 2.92. The van der Waals surface area contributed by atoms with Crippen LogP contribution >= 0.6 is 0 Å². The van der Waals surface area contributed by atoms with Gasteiger partial charge in [-0.25, -0.2) is 0 Å². The number of hydrogen-bond acceptors (Lipinski definition) is 4. The van der Waals surface area contributed by atoms with Gasteiger partial charge in [0.25, 0.3) is 11.8 Å². The monoisotopic (exact) mass is 471 g/mol. The molecule has 0 unspecified atom stereocenters. The molecule has 6 heteroatoms. The van der Waals surface area contributed by atoms with E-state index in [1.54, 1.807) is 31.4 Å². The lowest BCUT2D eigenvalue weighted by Crippen LogP contribution is -2.45. The first-order chi connectivity index (χ1) is 17.1. The second-order valence-corrected chi connectivity index (χ2v) is 8.79. The fourth-order valence-electron chi connectivity index (χ4n) is 4.51. The quantitative estimate of drug-likeness (QED) is 0.515. The zero-order valence-electron chi connectivity index (χ0n) is 20.4. The maximum absolute atomic E-state index is 13.5. The molecule has 1 heterocycles. The number of benzene rings is 3. The molecule has 0 radical (unpaired) electrons. The zero-order valence-corrected chi connectivity index (χ0v) is 20.4. The maximum atomic E-state index is 13.5. The zero-order chi connectivity index (χ0) is 24.6. The first kappa shape index (κ1) is 24.3. The van der Waals surface area contributed by atoms with E-state index in [9.17, 15) is 9.59 Å². The van der Waals surface area contributed by atoms with E-state index in [1.165, 1.54) is 0 Å². The molecule has 1 N–H and O–H groups in total. The minimum absolute atomic E-state index is 0.0434. The van der Waals surface area contributed by atoms with E-state index < -0.39 is 0 Å². The standard InChI is InChI=1S/C29H33N3O3/c1-3-31(21-22-9-5-4-6-10-22)29(34)26-11-7-8-12-27(26)32-19-17-24(18-20-32)30-28(33)23-13-15-25(35-2)16-14-23/h4-16,24H,3,17-21H2,1-2H3,(H,30,33). The van der Waals surface area contributed by atoms with Gasteiger partial charge in [-0.15, -0.1) is 0 Å². The maximum Gasteiger partial charge on any atom is 0.256 e. The van der Waals surface area contributed by atoms with Crippen molar-refractivity contribution in [3.05, 3.63) is 95.6 Å². The molecule has 6 nitrogen and oxygen atoms in total. The van der Waals surface area contributed by atoms with Gasteiger partial charge in [-0.05, 0) is 61.7 Å². The fraction of sp³-hybridized carbons (Fsp3) is 0.310. The van der Waals surface area contributed by atoms with Gasteiger partial charge in [-0.3, -0.25) is 9.59 Å². The first-order valence-corrected chi connectivity index (χ1v) is 12.2. The summed E-state index contributed by atoms with van der Waals surface area (Å²) in [6.07, 6.45) is 1.65. The number of carbonyl (C=O) groups excluding carboxylic acids is 2. The number of amides is 2. The molecule has 1 aliphatic heterocycles. The minimum atomic E-state index is -0.0684. The third-order valence-electron chi connectivity index (χ3n) is 6.54. The van der Waals surface area contributed by atoms with E-state index in [2.05, 4.69) is 10.2 Å². The summed E-state index contributed by atoms with van der Waals surface area (Å²) in [6, 6.07) is 25.2. The Hall–Kier alpha value is -3.80. The Balaban J connectivity index is 1.39. The molecular weight excluding hydrogens is 438 g/mol. The molecule has 0 atom stereocenters. The van der Waals surface area contributed by atoms with Gasteiger partial charge < -0.3 is 19.9 Å². The van der Waals surface area contributed by atoms with Crippen molar-refractivity contribution in [2.45, 2.75) is 32.4 Å². The largest absolute Gasteiger partial charge is 0.497 e. The van der Waals surface area contributed by atoms with Crippen LogP contribution in [0.25, 0.3) is 0 Å². The number of methoxy groups -OCH3 is 1. The number of carbonyl (C=O) groups is 2. The smallest absolute Gasteiger partial charge is 0.256 e. The molecule has 182 valence electrons. The van der Waals surface area contributed by atoms with Gasteiger partial charge in [0.15, 0.2) is 0 Å². The number of ether oxygens (including phenoxy) is 1. The van der Waals surface area contributed by atoms with Gasteiger partial charge in [-0.1, -0.05) is 42.5 Å². The van der Waals surface area contributed by atoms with Crippen molar-refractivity contribution in [2.75, 3.05) is 31.6 Å². The van der Waals surface area contributed by atoms with Gasteiger partial charge in [0.2, 0.25) is 0 Å². The van der Waals surface area contributed by atoms with Crippen molar-refractivity contribution >= 4 is 17.5 Å². The van der Waals surface area contributed by atoms with E-state index in [-0.39, 0.29) is 17.9 Å². The van der Waals surface area contributed by atoms with Crippen molar-refractivity contribution in [2.24, 2.45) is 0 Å². The van der Waals surface area contributed by atoms with Gasteiger partial charge in [0, 0.05) is 43.5 Å². The summed E-state index contributed by atoms with van der Waals surface area (Å²) in [5.74, 6) is 0.705. The Kier molecular flexibility index (Phi) is 8.03. The number of rotatable bonds is 8. The highest BCUT2D eigenvalue weighted by Gasteiger charge is 2.25. The number of anilines is 1. The van der Waals surface area contributed by atoms with Gasteiger partial charge in [-0.2, -0.15) is 0 Å². The summed E-state index contributed by atoms with van der Waals surface area (Å²) in [5.41, 5.74) is 3.44. The normalized spacial score (nSPS) is 13.8. The minimum Gasteiger partial charge on any atom is -0.497 e. The van der Waals surface area contributed by atoms with Gasteiger partial charge in [0.05, 0.1) is 12.7 Å². The first-order valence-electron chi connectivity index (χ1n) is 12.2. The SMILES string of the molecule is CCN(Cc1ccccc1)C(=O)c1ccccc1N1CCC(NC(=O)c2ccc(OC)cc2)CC1. The second-order valence-electron chi connectivity index (χ2n) is 8.79. The predicted octanol–water partition coefficient (Wildman–Crippen LogP) is 4.76. The summed E-state index contributed by atoms with van der Waals surface area (Å²) in [5, 5.41) is 3.16. The summed E-state index contributed by atoms with van der Waals surface area (Å²) in [7, 11) is 1.61. The lowest BCUT2D eigenvalue weighted by atomic mass is 10.0. The Labute approximate surface area is 207 Å². The van der Waals surface area contributed by atoms with Crippen molar-refractivity contribution in [3.63, 3.8) is 0 Å². The highest BCUT2D eigenvalue weighted by atomic mass is 16.5. The summed E-state index contributed by atoms with van der Waals surface area (Å²) in [4.78, 5) is 30.3. The van der Waals surface area contributed by atoms with Crippen LogP contribution in [0.4, 0.5) is 5.69 Å². The fourth-order valence-corrected chi connectivity index (χ4v) is 4.51. The lowest BCUT2D eigenvalue weighted by molar-refractivity contribution is 0.0753. The molecule has 2 amide bonds. The molecule has 0 spiro atoms. The molecule has 1 saturated heterocycles. The predicted molar refractivity (Wildman–Crippen MR) is 139 cm³/mol. The molecule has 1 aliphatic rings. The Morgan fingerprint density at radius 2 is 1.60 bits per heavy atom. The van der Waals surface area contributed by atoms with Crippen LogP contribution in [-0.4, -0.2) is 49.5 Å². The van der Waals surface area contributed by atoms with Crippen molar-refractivity contribution < 1.29 is 14.3 Å². The number of nitrogens with one attached hydrogen (secondary N) is 1. The van der Waals surface area contributed by atoms with Gasteiger partial charge in [0.1, 0.15) is 5.75 Å². The van der Waals surface area contributed by atoms with E-state index in [4.69, 9.17) is 4.74 Å². The topological polar surface area (TPSA) is 61.9 Å². The Morgan fingerprint density at radius 3 is 2.26 bits per heavy atom. The third kappa shape index (κ3) is 6.01. The molecule has 1 fully saturated rings. The van der Waals surface area contributed by atoms with Crippen molar-refractivity contribution in [1.29, 1.82) is 0 Å². The number of nitrogens with zero attached hydrogens (tertiary/aromatic N) is 2. The molecule has 3 aromatic carbocycles. The van der Waals surface area contributed by atoms with Crippen LogP contribution in [0.1, 0.15) is 46.0 Å². The molecule has 3 aromatic rings. The second kappa shape index (κ2) is 11.6. The molecule has 35 heavy (non-hydrogen) atoms. The summed E-state index contributed by atoms with van der Waals surface area (Å²) in [6.45, 7) is 4.80. The molecule has 0 aromatic heterocycles. The Morgan fingerprint density at radius 1 is 0.943 bits per heavy atom. The molecule has 0 aliphatic carbocycles. The van der Waals surface area contributed by atoms with Crippen LogP contribution < -0.4 is 15.0 Å². The van der Waals surface area contributed by atoms with E-state index in [0.717, 1.165) is 48.5 Å². The number of hydrogen-bond donors (Lipinski definition) is 1. The van der Waals surface area contributed by atoms with Gasteiger partial charge >= 0.3 is 0 Å². The van der Waals surface area contributed by atoms with Crippen LogP contribution in [0, 0.1) is 0 Å². The number of piperidine rings is 1. The Bertz CT molecular complexity index is 1120. The van der Waals surface area contributed by atoms with Crippen molar-refractivity contribution in [1.82, 2.24) is 10.2 Å². The van der Waals surface area contributed by atoms with Crippen molar-refractivity contribution in [3.8, 4) is 5.75 Å². The molecular formula is C29H33N3O3. The van der Waals surface area contributed by atoms with Crippen LogP contribution in [-0.2, 0) is 6.54 Å².